The number of hydroxylamine groups is 1. The van der Waals surface area contributed by atoms with E-state index in [0.29, 0.717) is 18.2 Å². The first-order chi connectivity index (χ1) is 12.7. The number of piperidine rings is 1. The van der Waals surface area contributed by atoms with E-state index in [0.717, 1.165) is 30.5 Å². The molecule has 2 N–H and O–H groups in total. The molecule has 1 aromatic carbocycles. The number of aromatic nitrogens is 2. The summed E-state index contributed by atoms with van der Waals surface area (Å²) >= 11 is 0. The highest BCUT2D eigenvalue weighted by Crippen LogP contribution is 2.37. The maximum absolute atomic E-state index is 12.8. The quantitative estimate of drug-likeness (QED) is 0.792. The van der Waals surface area contributed by atoms with Crippen LogP contribution in [0.25, 0.3) is 11.3 Å². The van der Waals surface area contributed by atoms with Gasteiger partial charge in [-0.25, -0.2) is 5.06 Å². The molecule has 3 rings (SSSR count). The van der Waals surface area contributed by atoms with E-state index in [-0.39, 0.29) is 23.1 Å². The van der Waals surface area contributed by atoms with Gasteiger partial charge in [0.15, 0.2) is 5.82 Å². The van der Waals surface area contributed by atoms with Crippen LogP contribution in [-0.4, -0.2) is 51.6 Å². The zero-order valence-electron chi connectivity index (χ0n) is 15.0. The highest BCUT2D eigenvalue weighted by molar-refractivity contribution is 5.70. The molecular formula is C18H21F3N4O2. The minimum Gasteiger partial charge on any atom is -0.507 e. The number of phenolic OH excluding ortho intramolecular Hbond substituents is 1. The van der Waals surface area contributed by atoms with Crippen molar-refractivity contribution in [3.05, 3.63) is 35.4 Å². The number of hydrogen-bond donors (Lipinski definition) is 2. The van der Waals surface area contributed by atoms with Crippen LogP contribution in [0.4, 0.5) is 19.0 Å². The summed E-state index contributed by atoms with van der Waals surface area (Å²) in [5.74, 6) is -0.257. The molecule has 146 valence electrons. The van der Waals surface area contributed by atoms with Crippen LogP contribution in [-0.2, 0) is 6.18 Å². The van der Waals surface area contributed by atoms with Crippen molar-refractivity contribution in [3.63, 3.8) is 0 Å². The Hall–Kier alpha value is -2.39. The number of alkyl halides is 3. The molecule has 1 aliphatic heterocycles. The Kier molecular flexibility index (Phi) is 5.25. The fourth-order valence-corrected chi connectivity index (χ4v) is 3.28. The molecule has 0 amide bonds. The van der Waals surface area contributed by atoms with E-state index < -0.39 is 17.5 Å². The standard InChI is InChI=1S/C18H21F3N4O2/c1-11-8-16(25(27)13-4-3-7-24(2)10-13)22-23-17(11)14-6-5-12(9-15(14)26)18(19,20)21/h5-6,8-9,13,26-27H,3-4,7,10H2,1-2H3. The van der Waals surface area contributed by atoms with Crippen LogP contribution in [0.5, 0.6) is 5.75 Å². The Balaban J connectivity index is 1.87. The van der Waals surface area contributed by atoms with Gasteiger partial charge in [0.1, 0.15) is 5.75 Å². The molecule has 2 heterocycles. The number of nitrogens with zero attached hydrogens (tertiary/aromatic N) is 4. The van der Waals surface area contributed by atoms with Crippen molar-refractivity contribution in [2.45, 2.75) is 32.0 Å². The first kappa shape index (κ1) is 19.4. The van der Waals surface area contributed by atoms with Crippen molar-refractivity contribution >= 4 is 5.82 Å². The molecule has 6 nitrogen and oxygen atoms in total. The molecule has 1 aliphatic rings. The predicted molar refractivity (Wildman–Crippen MR) is 93.7 cm³/mol. The third kappa shape index (κ3) is 4.14. The van der Waals surface area contributed by atoms with Crippen molar-refractivity contribution in [2.24, 2.45) is 0 Å². The zero-order valence-corrected chi connectivity index (χ0v) is 15.0. The Bertz CT molecular complexity index is 829. The largest absolute Gasteiger partial charge is 0.507 e. The Morgan fingerprint density at radius 1 is 1.22 bits per heavy atom. The van der Waals surface area contributed by atoms with Gasteiger partial charge in [-0.2, -0.15) is 13.2 Å². The SMILES string of the molecule is Cc1cc(N(O)C2CCCN(C)C2)nnc1-c1ccc(C(F)(F)F)cc1O. The summed E-state index contributed by atoms with van der Waals surface area (Å²) in [6.07, 6.45) is -2.75. The summed E-state index contributed by atoms with van der Waals surface area (Å²) in [5.41, 5.74) is 0.0628. The minimum absolute atomic E-state index is 0.109. The Morgan fingerprint density at radius 2 is 1.96 bits per heavy atom. The van der Waals surface area contributed by atoms with E-state index in [1.54, 1.807) is 13.0 Å². The van der Waals surface area contributed by atoms with Crippen molar-refractivity contribution in [1.82, 2.24) is 15.1 Å². The molecule has 1 aromatic heterocycles. The Morgan fingerprint density at radius 3 is 2.56 bits per heavy atom. The molecule has 0 bridgehead atoms. The number of aromatic hydroxyl groups is 1. The van der Waals surface area contributed by atoms with Crippen molar-refractivity contribution < 1.29 is 23.5 Å². The van der Waals surface area contributed by atoms with Gasteiger partial charge in [0, 0.05) is 12.1 Å². The molecule has 1 fully saturated rings. The van der Waals surface area contributed by atoms with Gasteiger partial charge in [-0.05, 0) is 63.2 Å². The number of anilines is 1. The van der Waals surface area contributed by atoms with Gasteiger partial charge in [0.05, 0.1) is 17.3 Å². The molecule has 2 aromatic rings. The van der Waals surface area contributed by atoms with E-state index in [2.05, 4.69) is 15.1 Å². The van der Waals surface area contributed by atoms with Crippen LogP contribution in [0.15, 0.2) is 24.3 Å². The highest BCUT2D eigenvalue weighted by atomic mass is 19.4. The van der Waals surface area contributed by atoms with E-state index in [1.165, 1.54) is 6.07 Å². The fraction of sp³-hybridized carbons (Fsp3) is 0.444. The van der Waals surface area contributed by atoms with E-state index >= 15 is 0 Å². The molecule has 1 atom stereocenters. The first-order valence-electron chi connectivity index (χ1n) is 8.58. The van der Waals surface area contributed by atoms with E-state index in [1.807, 2.05) is 7.05 Å². The van der Waals surface area contributed by atoms with E-state index in [9.17, 15) is 23.5 Å². The maximum Gasteiger partial charge on any atom is 0.416 e. The van der Waals surface area contributed by atoms with Gasteiger partial charge in [0.25, 0.3) is 0 Å². The van der Waals surface area contributed by atoms with Crippen LogP contribution in [0, 0.1) is 6.92 Å². The normalized spacial score (nSPS) is 18.5. The number of likely N-dealkylation sites (N-methyl/N-ethyl adjacent to an activating group) is 1. The third-order valence-electron chi connectivity index (χ3n) is 4.73. The summed E-state index contributed by atoms with van der Waals surface area (Å²) in [5, 5.41) is 29.6. The molecule has 0 aliphatic carbocycles. The average Bonchev–Trinajstić information content (AvgIpc) is 2.60. The highest BCUT2D eigenvalue weighted by Gasteiger charge is 2.31. The second-order valence-electron chi connectivity index (χ2n) is 6.87. The first-order valence-corrected chi connectivity index (χ1v) is 8.58. The number of halogens is 3. The monoisotopic (exact) mass is 382 g/mol. The number of benzene rings is 1. The fourth-order valence-electron chi connectivity index (χ4n) is 3.28. The van der Waals surface area contributed by atoms with Gasteiger partial charge in [-0.1, -0.05) is 0 Å². The van der Waals surface area contributed by atoms with Crippen LogP contribution in [0.3, 0.4) is 0 Å². The van der Waals surface area contributed by atoms with Gasteiger partial charge >= 0.3 is 6.18 Å². The summed E-state index contributed by atoms with van der Waals surface area (Å²) in [4.78, 5) is 2.12. The van der Waals surface area contributed by atoms with Gasteiger partial charge in [-0.3, -0.25) is 5.21 Å². The van der Waals surface area contributed by atoms with Gasteiger partial charge in [0.2, 0.25) is 0 Å². The number of aryl methyl sites for hydroxylation is 1. The lowest BCUT2D eigenvalue weighted by molar-refractivity contribution is -0.137. The predicted octanol–water partition coefficient (Wildman–Crippen LogP) is 3.47. The lowest BCUT2D eigenvalue weighted by Crippen LogP contribution is -2.45. The summed E-state index contributed by atoms with van der Waals surface area (Å²) < 4.78 is 38.3. The lowest BCUT2D eigenvalue weighted by atomic mass is 10.0. The van der Waals surface area contributed by atoms with Gasteiger partial charge < -0.3 is 10.0 Å². The third-order valence-corrected chi connectivity index (χ3v) is 4.73. The minimum atomic E-state index is -4.54. The van der Waals surface area contributed by atoms with Crippen molar-refractivity contribution in [1.29, 1.82) is 0 Å². The molecule has 1 saturated heterocycles. The van der Waals surface area contributed by atoms with E-state index in [4.69, 9.17) is 0 Å². The lowest BCUT2D eigenvalue weighted by Gasteiger charge is -2.34. The van der Waals surface area contributed by atoms with Crippen molar-refractivity contribution in [3.8, 4) is 17.0 Å². The topological polar surface area (TPSA) is 72.7 Å². The number of likely N-dealkylation sites (tertiary alicyclic amines) is 1. The number of hydrogen-bond acceptors (Lipinski definition) is 6. The molecule has 0 saturated carbocycles. The smallest absolute Gasteiger partial charge is 0.416 e. The van der Waals surface area contributed by atoms with Crippen LogP contribution >= 0.6 is 0 Å². The molecular weight excluding hydrogens is 361 g/mol. The van der Waals surface area contributed by atoms with Crippen LogP contribution in [0.1, 0.15) is 24.0 Å². The molecule has 0 radical (unpaired) electrons. The molecule has 0 spiro atoms. The summed E-state index contributed by atoms with van der Waals surface area (Å²) in [6, 6.07) is 4.22. The zero-order chi connectivity index (χ0) is 19.8. The van der Waals surface area contributed by atoms with Crippen LogP contribution in [0.2, 0.25) is 0 Å². The summed E-state index contributed by atoms with van der Waals surface area (Å²) in [7, 11) is 1.98. The van der Waals surface area contributed by atoms with Crippen LogP contribution < -0.4 is 5.06 Å². The summed E-state index contributed by atoms with van der Waals surface area (Å²) in [6.45, 7) is 3.37. The molecule has 9 heteroatoms. The number of rotatable bonds is 3. The van der Waals surface area contributed by atoms with Crippen molar-refractivity contribution in [2.75, 3.05) is 25.2 Å². The maximum atomic E-state index is 12.8. The second-order valence-corrected chi connectivity index (χ2v) is 6.87. The van der Waals surface area contributed by atoms with Gasteiger partial charge in [-0.15, -0.1) is 10.2 Å². The second kappa shape index (κ2) is 7.32. The number of phenols is 1. The Labute approximate surface area is 154 Å². The molecule has 27 heavy (non-hydrogen) atoms. The molecule has 1 unspecified atom stereocenters. The average molecular weight is 382 g/mol.